The number of hydrogen-bond acceptors (Lipinski definition) is 2. The topological polar surface area (TPSA) is 29.9 Å². The van der Waals surface area contributed by atoms with Crippen LogP contribution >= 0.6 is 0 Å². The molecule has 0 unspecified atom stereocenters. The van der Waals surface area contributed by atoms with Crippen LogP contribution in [0.15, 0.2) is 36.8 Å². The third-order valence-corrected chi connectivity index (χ3v) is 3.43. The average Bonchev–Trinajstić information content (AvgIpc) is 3.02. The highest BCUT2D eigenvalue weighted by Crippen LogP contribution is 2.23. The summed E-state index contributed by atoms with van der Waals surface area (Å²) in [5, 5.41) is 3.47. The minimum absolute atomic E-state index is 0.193. The molecular weight excluding hydrogens is 229 g/mol. The Morgan fingerprint density at radius 1 is 1.33 bits per heavy atom. The highest BCUT2D eigenvalue weighted by atomic mass is 19.1. The normalized spacial score (nSPS) is 19.3. The number of nitrogens with one attached hydrogen (secondary N) is 1. The van der Waals surface area contributed by atoms with Crippen molar-refractivity contribution in [1.29, 1.82) is 0 Å². The van der Waals surface area contributed by atoms with Crippen LogP contribution in [0, 0.1) is 5.82 Å². The van der Waals surface area contributed by atoms with Crippen LogP contribution in [0.5, 0.6) is 0 Å². The largest absolute Gasteiger partial charge is 0.329 e. The second-order valence-corrected chi connectivity index (χ2v) is 4.72. The van der Waals surface area contributed by atoms with Crippen molar-refractivity contribution in [3.05, 3.63) is 53.9 Å². The molecule has 1 aliphatic heterocycles. The van der Waals surface area contributed by atoms with Crippen LogP contribution in [-0.4, -0.2) is 16.1 Å². The molecule has 1 N–H and O–H groups in total. The smallest absolute Gasteiger partial charge is 0.123 e. The predicted octanol–water partition coefficient (Wildman–Crippen LogP) is 2.50. The lowest BCUT2D eigenvalue weighted by Crippen LogP contribution is -2.17. The van der Waals surface area contributed by atoms with E-state index in [0.717, 1.165) is 25.1 Å². The number of benzene rings is 1. The van der Waals surface area contributed by atoms with Gasteiger partial charge in [0.15, 0.2) is 0 Å². The Labute approximate surface area is 106 Å². The van der Waals surface area contributed by atoms with Gasteiger partial charge in [0.25, 0.3) is 0 Å². The maximum atomic E-state index is 12.9. The quantitative estimate of drug-likeness (QED) is 0.900. The van der Waals surface area contributed by atoms with Gasteiger partial charge in [-0.15, -0.1) is 0 Å². The van der Waals surface area contributed by atoms with E-state index in [2.05, 4.69) is 14.9 Å². The highest BCUT2D eigenvalue weighted by molar-refractivity contribution is 5.18. The summed E-state index contributed by atoms with van der Waals surface area (Å²) in [6.45, 7) is 1.82. The minimum Gasteiger partial charge on any atom is -0.329 e. The molecule has 2 aromatic rings. The summed E-state index contributed by atoms with van der Waals surface area (Å²) in [5.74, 6) is -0.193. The lowest BCUT2D eigenvalue weighted by Gasteiger charge is -2.13. The van der Waals surface area contributed by atoms with Gasteiger partial charge >= 0.3 is 0 Å². The van der Waals surface area contributed by atoms with Crippen molar-refractivity contribution in [2.75, 3.05) is 6.54 Å². The highest BCUT2D eigenvalue weighted by Gasteiger charge is 2.19. The molecule has 1 saturated heterocycles. The van der Waals surface area contributed by atoms with Crippen molar-refractivity contribution in [2.24, 2.45) is 0 Å². The molecule has 0 bridgehead atoms. The first kappa shape index (κ1) is 11.4. The molecule has 1 aromatic carbocycles. The molecule has 4 heteroatoms. The van der Waals surface area contributed by atoms with Gasteiger partial charge in [-0.1, -0.05) is 12.1 Å². The molecule has 1 fully saturated rings. The van der Waals surface area contributed by atoms with E-state index < -0.39 is 0 Å². The van der Waals surface area contributed by atoms with E-state index in [0.29, 0.717) is 6.04 Å². The van der Waals surface area contributed by atoms with E-state index >= 15 is 0 Å². The molecule has 1 atom stereocenters. The Kier molecular flexibility index (Phi) is 3.11. The van der Waals surface area contributed by atoms with Gasteiger partial charge in [-0.2, -0.15) is 0 Å². The zero-order chi connectivity index (χ0) is 12.4. The molecule has 0 spiro atoms. The first-order valence-electron chi connectivity index (χ1n) is 6.31. The molecule has 18 heavy (non-hydrogen) atoms. The van der Waals surface area contributed by atoms with Crippen molar-refractivity contribution >= 4 is 0 Å². The fourth-order valence-electron chi connectivity index (χ4n) is 2.48. The van der Waals surface area contributed by atoms with Crippen molar-refractivity contribution in [1.82, 2.24) is 14.9 Å². The molecule has 0 aliphatic carbocycles. The Morgan fingerprint density at radius 3 is 2.89 bits per heavy atom. The van der Waals surface area contributed by atoms with Gasteiger partial charge in [-0.3, -0.25) is 0 Å². The van der Waals surface area contributed by atoms with E-state index in [1.807, 2.05) is 24.7 Å². The number of nitrogens with zero attached hydrogens (tertiary/aromatic N) is 2. The summed E-state index contributed by atoms with van der Waals surface area (Å²) in [5.41, 5.74) is 2.31. The number of halogens is 1. The number of imidazole rings is 1. The van der Waals surface area contributed by atoms with Crippen molar-refractivity contribution in [3.63, 3.8) is 0 Å². The maximum Gasteiger partial charge on any atom is 0.123 e. The average molecular weight is 245 g/mol. The van der Waals surface area contributed by atoms with Crippen LogP contribution in [0.3, 0.4) is 0 Å². The monoisotopic (exact) mass is 245 g/mol. The van der Waals surface area contributed by atoms with Gasteiger partial charge in [-0.25, -0.2) is 9.37 Å². The van der Waals surface area contributed by atoms with Gasteiger partial charge < -0.3 is 9.88 Å². The summed E-state index contributed by atoms with van der Waals surface area (Å²) in [6, 6.07) is 7.05. The summed E-state index contributed by atoms with van der Waals surface area (Å²) in [6.07, 6.45) is 6.15. The molecule has 0 amide bonds. The molecule has 1 aliphatic rings. The number of rotatable bonds is 3. The molecule has 3 rings (SSSR count). The van der Waals surface area contributed by atoms with Crippen LogP contribution in [0.2, 0.25) is 0 Å². The molecule has 94 valence electrons. The van der Waals surface area contributed by atoms with E-state index in [9.17, 15) is 4.39 Å². The Hall–Kier alpha value is -1.68. The van der Waals surface area contributed by atoms with Crippen LogP contribution in [0.4, 0.5) is 4.39 Å². The van der Waals surface area contributed by atoms with Crippen LogP contribution < -0.4 is 5.32 Å². The van der Waals surface area contributed by atoms with Crippen LogP contribution in [0.25, 0.3) is 0 Å². The first-order valence-corrected chi connectivity index (χ1v) is 6.31. The zero-order valence-corrected chi connectivity index (χ0v) is 10.1. The molecule has 2 heterocycles. The zero-order valence-electron chi connectivity index (χ0n) is 10.1. The third kappa shape index (κ3) is 2.29. The molecule has 0 saturated carbocycles. The van der Waals surface area contributed by atoms with E-state index in [1.165, 1.54) is 24.2 Å². The van der Waals surface area contributed by atoms with Crippen molar-refractivity contribution in [2.45, 2.75) is 25.4 Å². The Bertz CT molecular complexity index is 512. The standard InChI is InChI=1S/C14H16FN3/c15-12-5-3-11(4-6-12)9-18-10-16-8-14(18)13-2-1-7-17-13/h3-6,8,10,13,17H,1-2,7,9H2/t13-/m0/s1. The second-order valence-electron chi connectivity index (χ2n) is 4.72. The molecule has 1 aromatic heterocycles. The van der Waals surface area contributed by atoms with Crippen molar-refractivity contribution < 1.29 is 4.39 Å². The van der Waals surface area contributed by atoms with E-state index in [4.69, 9.17) is 0 Å². The van der Waals surface area contributed by atoms with Gasteiger partial charge in [0.1, 0.15) is 5.82 Å². The minimum atomic E-state index is -0.193. The van der Waals surface area contributed by atoms with Gasteiger partial charge in [0.05, 0.1) is 12.0 Å². The fraction of sp³-hybridized carbons (Fsp3) is 0.357. The van der Waals surface area contributed by atoms with E-state index in [1.54, 1.807) is 0 Å². The van der Waals surface area contributed by atoms with Gasteiger partial charge in [-0.05, 0) is 37.1 Å². The lowest BCUT2D eigenvalue weighted by molar-refractivity contribution is 0.583. The first-order chi connectivity index (χ1) is 8.83. The Balaban J connectivity index is 1.80. The van der Waals surface area contributed by atoms with Crippen LogP contribution in [-0.2, 0) is 6.54 Å². The lowest BCUT2D eigenvalue weighted by atomic mass is 10.1. The Morgan fingerprint density at radius 2 is 2.17 bits per heavy atom. The third-order valence-electron chi connectivity index (χ3n) is 3.43. The van der Waals surface area contributed by atoms with Gasteiger partial charge in [0, 0.05) is 18.8 Å². The predicted molar refractivity (Wildman–Crippen MR) is 67.7 cm³/mol. The summed E-state index contributed by atoms with van der Waals surface area (Å²) in [7, 11) is 0. The second kappa shape index (κ2) is 4.90. The fourth-order valence-corrected chi connectivity index (χ4v) is 2.48. The number of aromatic nitrogens is 2. The van der Waals surface area contributed by atoms with Crippen LogP contribution in [0.1, 0.15) is 30.1 Å². The SMILES string of the molecule is Fc1ccc(Cn2cncc2[C@@H]2CCCN2)cc1. The molecule has 0 radical (unpaired) electrons. The maximum absolute atomic E-state index is 12.9. The molecule has 3 nitrogen and oxygen atoms in total. The summed E-state index contributed by atoms with van der Waals surface area (Å²) >= 11 is 0. The van der Waals surface area contributed by atoms with Crippen molar-refractivity contribution in [3.8, 4) is 0 Å². The van der Waals surface area contributed by atoms with E-state index in [-0.39, 0.29) is 5.82 Å². The number of hydrogen-bond donors (Lipinski definition) is 1. The van der Waals surface area contributed by atoms with Gasteiger partial charge in [0.2, 0.25) is 0 Å². The summed E-state index contributed by atoms with van der Waals surface area (Å²) < 4.78 is 15.0. The summed E-state index contributed by atoms with van der Waals surface area (Å²) in [4.78, 5) is 4.23. The molecular formula is C14H16FN3.